The lowest BCUT2D eigenvalue weighted by Crippen LogP contribution is -2.32. The largest absolute Gasteiger partial charge is 0.371 e. The van der Waals surface area contributed by atoms with Gasteiger partial charge in [-0.2, -0.15) is 0 Å². The van der Waals surface area contributed by atoms with E-state index >= 15 is 0 Å². The summed E-state index contributed by atoms with van der Waals surface area (Å²) in [6.45, 7) is 4.50. The number of nitrogens with zero attached hydrogens (tertiary/aromatic N) is 1. The maximum absolute atomic E-state index is 11.5. The molecular formula is C12H16ClN3O3. The van der Waals surface area contributed by atoms with Gasteiger partial charge in [-0.05, 0) is 18.1 Å². The number of carbonyl (C=O) groups excluding carboxylic acids is 1. The number of para-hydroxylation sites is 1. The van der Waals surface area contributed by atoms with Crippen molar-refractivity contribution in [3.63, 3.8) is 0 Å². The first-order valence-corrected chi connectivity index (χ1v) is 6.23. The number of nitro groups is 1. The molecule has 0 aromatic heterocycles. The van der Waals surface area contributed by atoms with E-state index in [2.05, 4.69) is 10.6 Å². The molecule has 1 aromatic carbocycles. The van der Waals surface area contributed by atoms with Crippen LogP contribution < -0.4 is 10.6 Å². The molecule has 0 bridgehead atoms. The average Bonchev–Trinajstić information content (AvgIpc) is 2.33. The van der Waals surface area contributed by atoms with Gasteiger partial charge in [0.1, 0.15) is 10.7 Å². The first-order chi connectivity index (χ1) is 8.91. The van der Waals surface area contributed by atoms with Crippen LogP contribution in [0.2, 0.25) is 5.02 Å². The maximum Gasteiger partial charge on any atom is 0.310 e. The highest BCUT2D eigenvalue weighted by molar-refractivity contribution is 6.33. The minimum Gasteiger partial charge on any atom is -0.371 e. The quantitative estimate of drug-likeness (QED) is 0.621. The van der Waals surface area contributed by atoms with Crippen LogP contribution in [0.1, 0.15) is 13.8 Å². The lowest BCUT2D eigenvalue weighted by atomic mass is 10.2. The van der Waals surface area contributed by atoms with Crippen molar-refractivity contribution in [1.82, 2.24) is 5.32 Å². The lowest BCUT2D eigenvalue weighted by Gasteiger charge is -2.10. The summed E-state index contributed by atoms with van der Waals surface area (Å²) in [5.74, 6) is 0.132. The number of carbonyl (C=O) groups is 1. The number of hydrogen-bond donors (Lipinski definition) is 2. The van der Waals surface area contributed by atoms with Crippen molar-refractivity contribution in [3.05, 3.63) is 33.3 Å². The molecule has 0 fully saturated rings. The van der Waals surface area contributed by atoms with Crippen LogP contribution in [0.3, 0.4) is 0 Å². The topological polar surface area (TPSA) is 84.3 Å². The molecule has 0 aliphatic rings. The minimum atomic E-state index is -0.573. The number of anilines is 1. The van der Waals surface area contributed by atoms with Crippen molar-refractivity contribution in [1.29, 1.82) is 0 Å². The summed E-state index contributed by atoms with van der Waals surface area (Å²) in [4.78, 5) is 21.8. The predicted molar refractivity (Wildman–Crippen MR) is 74.4 cm³/mol. The molecule has 0 aliphatic heterocycles. The molecule has 104 valence electrons. The van der Waals surface area contributed by atoms with E-state index in [0.717, 1.165) is 0 Å². The van der Waals surface area contributed by atoms with Gasteiger partial charge in [-0.1, -0.05) is 31.5 Å². The highest BCUT2D eigenvalue weighted by atomic mass is 35.5. The second-order valence-corrected chi connectivity index (χ2v) is 4.85. The standard InChI is InChI=1S/C12H16ClN3O3/c1-8(2)6-15-11(17)7-14-10-5-3-4-9(13)12(10)16(18)19/h3-5,8,14H,6-7H2,1-2H3,(H,15,17). The molecule has 0 heterocycles. The zero-order chi connectivity index (χ0) is 14.4. The van der Waals surface area contributed by atoms with Crippen LogP contribution in [0, 0.1) is 16.0 Å². The number of amides is 1. The van der Waals surface area contributed by atoms with Crippen molar-refractivity contribution in [2.45, 2.75) is 13.8 Å². The Morgan fingerprint density at radius 1 is 1.47 bits per heavy atom. The molecule has 7 heteroatoms. The summed E-state index contributed by atoms with van der Waals surface area (Å²) in [5.41, 5.74) is 0.0121. The molecule has 0 saturated carbocycles. The first kappa shape index (κ1) is 15.2. The SMILES string of the molecule is CC(C)CNC(=O)CNc1cccc(Cl)c1[N+](=O)[O-]. The van der Waals surface area contributed by atoms with E-state index in [1.165, 1.54) is 12.1 Å². The maximum atomic E-state index is 11.5. The van der Waals surface area contributed by atoms with Crippen LogP contribution >= 0.6 is 11.6 Å². The summed E-state index contributed by atoms with van der Waals surface area (Å²) >= 11 is 5.76. The second kappa shape index (κ2) is 6.94. The summed E-state index contributed by atoms with van der Waals surface area (Å²) in [7, 11) is 0. The fourth-order valence-electron chi connectivity index (χ4n) is 1.40. The van der Waals surface area contributed by atoms with Gasteiger partial charge >= 0.3 is 5.69 Å². The Bertz CT molecular complexity index is 477. The van der Waals surface area contributed by atoms with E-state index in [4.69, 9.17) is 11.6 Å². The molecule has 0 saturated heterocycles. The van der Waals surface area contributed by atoms with Gasteiger partial charge in [0.25, 0.3) is 0 Å². The van der Waals surface area contributed by atoms with Crippen LogP contribution in [0.5, 0.6) is 0 Å². The number of nitrogens with one attached hydrogen (secondary N) is 2. The third-order valence-electron chi connectivity index (χ3n) is 2.32. The number of benzene rings is 1. The molecule has 1 amide bonds. The van der Waals surface area contributed by atoms with Gasteiger partial charge in [0, 0.05) is 6.54 Å². The van der Waals surface area contributed by atoms with Crippen molar-refractivity contribution in [2.75, 3.05) is 18.4 Å². The molecule has 6 nitrogen and oxygen atoms in total. The number of rotatable bonds is 6. The fraction of sp³-hybridized carbons (Fsp3) is 0.417. The van der Waals surface area contributed by atoms with E-state index in [1.807, 2.05) is 13.8 Å². The molecule has 2 N–H and O–H groups in total. The van der Waals surface area contributed by atoms with Crippen LogP contribution in [0.15, 0.2) is 18.2 Å². The van der Waals surface area contributed by atoms with Crippen molar-refractivity contribution in [2.24, 2.45) is 5.92 Å². The van der Waals surface area contributed by atoms with E-state index in [1.54, 1.807) is 6.07 Å². The zero-order valence-electron chi connectivity index (χ0n) is 10.8. The first-order valence-electron chi connectivity index (χ1n) is 5.85. The molecular weight excluding hydrogens is 270 g/mol. The van der Waals surface area contributed by atoms with Crippen molar-refractivity contribution < 1.29 is 9.72 Å². The van der Waals surface area contributed by atoms with Gasteiger partial charge in [-0.15, -0.1) is 0 Å². The predicted octanol–water partition coefficient (Wildman–Crippen LogP) is 2.43. The molecule has 0 unspecified atom stereocenters. The Hall–Kier alpha value is -1.82. The van der Waals surface area contributed by atoms with E-state index in [9.17, 15) is 14.9 Å². The normalized spacial score (nSPS) is 10.3. The molecule has 0 aliphatic carbocycles. The molecule has 0 spiro atoms. The monoisotopic (exact) mass is 285 g/mol. The summed E-state index contributed by atoms with van der Waals surface area (Å²) < 4.78 is 0. The highest BCUT2D eigenvalue weighted by Crippen LogP contribution is 2.31. The zero-order valence-corrected chi connectivity index (χ0v) is 11.5. The highest BCUT2D eigenvalue weighted by Gasteiger charge is 2.18. The Labute approximate surface area is 116 Å². The van der Waals surface area contributed by atoms with E-state index in [0.29, 0.717) is 12.5 Å². The molecule has 19 heavy (non-hydrogen) atoms. The van der Waals surface area contributed by atoms with E-state index < -0.39 is 4.92 Å². The van der Waals surface area contributed by atoms with Crippen LogP contribution in [0.25, 0.3) is 0 Å². The summed E-state index contributed by atoms with van der Waals surface area (Å²) in [6, 6.07) is 4.53. The molecule has 1 rings (SSSR count). The van der Waals surface area contributed by atoms with Crippen LogP contribution in [-0.4, -0.2) is 23.9 Å². The van der Waals surface area contributed by atoms with Gasteiger partial charge in [-0.3, -0.25) is 14.9 Å². The Balaban J connectivity index is 2.65. The Morgan fingerprint density at radius 2 is 2.16 bits per heavy atom. The molecule has 0 atom stereocenters. The third-order valence-corrected chi connectivity index (χ3v) is 2.62. The minimum absolute atomic E-state index is 0.0338. The fourth-order valence-corrected chi connectivity index (χ4v) is 1.64. The Morgan fingerprint density at radius 3 is 2.74 bits per heavy atom. The smallest absolute Gasteiger partial charge is 0.310 e. The van der Waals surface area contributed by atoms with Gasteiger partial charge in [0.2, 0.25) is 5.91 Å². The van der Waals surface area contributed by atoms with Gasteiger partial charge in [0.05, 0.1) is 11.5 Å². The number of hydrogen-bond acceptors (Lipinski definition) is 4. The lowest BCUT2D eigenvalue weighted by molar-refractivity contribution is -0.383. The molecule has 1 aromatic rings. The third kappa shape index (κ3) is 4.75. The average molecular weight is 286 g/mol. The Kier molecular flexibility index (Phi) is 5.57. The second-order valence-electron chi connectivity index (χ2n) is 4.44. The van der Waals surface area contributed by atoms with Crippen LogP contribution in [-0.2, 0) is 4.79 Å². The van der Waals surface area contributed by atoms with Crippen molar-refractivity contribution >= 4 is 28.9 Å². The summed E-state index contributed by atoms with van der Waals surface area (Å²) in [5, 5.41) is 16.4. The van der Waals surface area contributed by atoms with Gasteiger partial charge < -0.3 is 10.6 Å². The summed E-state index contributed by atoms with van der Waals surface area (Å²) in [6.07, 6.45) is 0. The molecule has 0 radical (unpaired) electrons. The van der Waals surface area contributed by atoms with Gasteiger partial charge in [-0.25, -0.2) is 0 Å². The van der Waals surface area contributed by atoms with Gasteiger partial charge in [0.15, 0.2) is 0 Å². The van der Waals surface area contributed by atoms with E-state index in [-0.39, 0.29) is 28.8 Å². The number of nitro benzene ring substituents is 1. The number of halogens is 1. The van der Waals surface area contributed by atoms with Crippen LogP contribution in [0.4, 0.5) is 11.4 Å². The van der Waals surface area contributed by atoms with Crippen molar-refractivity contribution in [3.8, 4) is 0 Å².